The Labute approximate surface area is 111 Å². The number of benzene rings is 1. The molecular formula is C12H11F3N4O. The minimum Gasteiger partial charge on any atom is -0.335 e. The largest absolute Gasteiger partial charge is 0.416 e. The van der Waals surface area contributed by atoms with Gasteiger partial charge >= 0.3 is 6.18 Å². The lowest BCUT2D eigenvalue weighted by Crippen LogP contribution is -2.33. The maximum atomic E-state index is 12.6. The number of nitrogen functional groups attached to an aromatic ring is 1. The van der Waals surface area contributed by atoms with Gasteiger partial charge in [-0.2, -0.15) is 13.2 Å². The van der Waals surface area contributed by atoms with E-state index < -0.39 is 17.3 Å². The molecule has 0 fully saturated rings. The number of hydrogen-bond acceptors (Lipinski definition) is 4. The van der Waals surface area contributed by atoms with E-state index in [1.165, 1.54) is 12.1 Å². The zero-order valence-electron chi connectivity index (χ0n) is 10.5. The van der Waals surface area contributed by atoms with Crippen molar-refractivity contribution in [2.75, 3.05) is 5.84 Å². The van der Waals surface area contributed by atoms with Gasteiger partial charge in [0.2, 0.25) is 0 Å². The molecule has 0 radical (unpaired) electrons. The molecule has 0 saturated carbocycles. The van der Waals surface area contributed by atoms with Gasteiger partial charge in [0.05, 0.1) is 5.56 Å². The summed E-state index contributed by atoms with van der Waals surface area (Å²) in [5.74, 6) is 5.79. The van der Waals surface area contributed by atoms with Crippen molar-refractivity contribution in [3.05, 3.63) is 46.0 Å². The van der Waals surface area contributed by atoms with Crippen LogP contribution in [0.3, 0.4) is 0 Å². The summed E-state index contributed by atoms with van der Waals surface area (Å²) in [6.45, 7) is 1.73. The van der Waals surface area contributed by atoms with Gasteiger partial charge in [-0.05, 0) is 12.1 Å². The minimum atomic E-state index is -4.49. The summed E-state index contributed by atoms with van der Waals surface area (Å²) in [5.41, 5.74) is -1.73. The van der Waals surface area contributed by atoms with Crippen molar-refractivity contribution in [2.24, 2.45) is 0 Å². The molecule has 2 N–H and O–H groups in total. The molecule has 0 spiro atoms. The van der Waals surface area contributed by atoms with Crippen molar-refractivity contribution in [1.29, 1.82) is 0 Å². The van der Waals surface area contributed by atoms with Crippen molar-refractivity contribution in [1.82, 2.24) is 14.9 Å². The molecule has 0 amide bonds. The second kappa shape index (κ2) is 4.95. The van der Waals surface area contributed by atoms with Gasteiger partial charge in [-0.25, -0.2) is 4.68 Å². The van der Waals surface area contributed by atoms with Crippen molar-refractivity contribution in [3.63, 3.8) is 0 Å². The summed E-state index contributed by atoms with van der Waals surface area (Å²) < 4.78 is 38.7. The predicted octanol–water partition coefficient (Wildman–Crippen LogP) is 1.60. The lowest BCUT2D eigenvalue weighted by Gasteiger charge is -2.09. The van der Waals surface area contributed by atoms with Crippen molar-refractivity contribution < 1.29 is 13.2 Å². The highest BCUT2D eigenvalue weighted by Crippen LogP contribution is 2.30. The number of aryl methyl sites for hydroxylation is 1. The molecule has 2 rings (SSSR count). The van der Waals surface area contributed by atoms with Crippen LogP contribution in [0, 0.1) is 0 Å². The molecule has 106 valence electrons. The second-order valence-corrected chi connectivity index (χ2v) is 4.07. The first-order chi connectivity index (χ1) is 9.34. The summed E-state index contributed by atoms with van der Waals surface area (Å²) in [6, 6.07) is 4.31. The molecule has 20 heavy (non-hydrogen) atoms. The first-order valence-corrected chi connectivity index (χ1v) is 5.76. The number of aromatic nitrogens is 3. The van der Waals surface area contributed by atoms with E-state index in [-0.39, 0.29) is 17.1 Å². The molecule has 8 heteroatoms. The molecule has 1 aromatic heterocycles. The van der Waals surface area contributed by atoms with E-state index in [0.717, 1.165) is 16.8 Å². The van der Waals surface area contributed by atoms with E-state index >= 15 is 0 Å². The van der Waals surface area contributed by atoms with Crippen LogP contribution < -0.4 is 11.4 Å². The Morgan fingerprint density at radius 3 is 2.60 bits per heavy atom. The topological polar surface area (TPSA) is 73.8 Å². The predicted molar refractivity (Wildman–Crippen MR) is 66.3 cm³/mol. The number of alkyl halides is 3. The Balaban J connectivity index is 2.58. The van der Waals surface area contributed by atoms with E-state index in [9.17, 15) is 18.0 Å². The monoisotopic (exact) mass is 284 g/mol. The van der Waals surface area contributed by atoms with Crippen LogP contribution in [-0.2, 0) is 12.6 Å². The normalized spacial score (nSPS) is 11.6. The van der Waals surface area contributed by atoms with Crippen LogP contribution in [-0.4, -0.2) is 14.9 Å². The van der Waals surface area contributed by atoms with Crippen LogP contribution in [0.1, 0.15) is 18.3 Å². The summed E-state index contributed by atoms with van der Waals surface area (Å²) in [7, 11) is 0. The molecule has 0 saturated heterocycles. The van der Waals surface area contributed by atoms with Gasteiger partial charge in [-0.15, -0.1) is 10.2 Å². The molecule has 0 unspecified atom stereocenters. The zero-order chi connectivity index (χ0) is 14.9. The lowest BCUT2D eigenvalue weighted by atomic mass is 10.1. The molecule has 5 nitrogen and oxygen atoms in total. The fraction of sp³-hybridized carbons (Fsp3) is 0.250. The second-order valence-electron chi connectivity index (χ2n) is 4.07. The Bertz CT molecular complexity index is 694. The molecule has 0 bridgehead atoms. The van der Waals surface area contributed by atoms with Gasteiger partial charge in [0.15, 0.2) is 11.5 Å². The summed E-state index contributed by atoms with van der Waals surface area (Å²) in [6.07, 6.45) is -4.10. The lowest BCUT2D eigenvalue weighted by molar-refractivity contribution is -0.137. The van der Waals surface area contributed by atoms with Crippen LogP contribution in [0.25, 0.3) is 11.3 Å². The molecular weight excluding hydrogens is 273 g/mol. The third kappa shape index (κ3) is 2.49. The van der Waals surface area contributed by atoms with Gasteiger partial charge in [0, 0.05) is 12.0 Å². The fourth-order valence-corrected chi connectivity index (χ4v) is 1.70. The molecule has 1 aromatic carbocycles. The highest BCUT2D eigenvalue weighted by atomic mass is 19.4. The Morgan fingerprint density at radius 1 is 1.30 bits per heavy atom. The minimum absolute atomic E-state index is 0.0270. The average Bonchev–Trinajstić information content (AvgIpc) is 2.41. The van der Waals surface area contributed by atoms with Crippen LogP contribution in [0.4, 0.5) is 13.2 Å². The van der Waals surface area contributed by atoms with E-state index in [4.69, 9.17) is 5.84 Å². The summed E-state index contributed by atoms with van der Waals surface area (Å²) in [5, 5.41) is 7.41. The van der Waals surface area contributed by atoms with Crippen LogP contribution in [0.2, 0.25) is 0 Å². The van der Waals surface area contributed by atoms with Gasteiger partial charge in [-0.3, -0.25) is 4.79 Å². The van der Waals surface area contributed by atoms with Crippen LogP contribution in [0.5, 0.6) is 0 Å². The number of hydrogen-bond donors (Lipinski definition) is 1. The van der Waals surface area contributed by atoms with E-state index in [1.54, 1.807) is 6.92 Å². The average molecular weight is 284 g/mol. The molecule has 0 atom stereocenters. The van der Waals surface area contributed by atoms with Crippen LogP contribution in [0.15, 0.2) is 29.1 Å². The van der Waals surface area contributed by atoms with Crippen molar-refractivity contribution in [3.8, 4) is 11.3 Å². The maximum Gasteiger partial charge on any atom is 0.416 e. The number of halogens is 3. The first kappa shape index (κ1) is 14.0. The SMILES string of the molecule is CCc1nnc(-c2cccc(C(F)(F)F)c2)c(=O)n1N. The smallest absolute Gasteiger partial charge is 0.335 e. The third-order valence-corrected chi connectivity index (χ3v) is 2.74. The van der Waals surface area contributed by atoms with Gasteiger partial charge in [0.25, 0.3) is 5.56 Å². The van der Waals surface area contributed by atoms with E-state index in [1.807, 2.05) is 0 Å². The first-order valence-electron chi connectivity index (χ1n) is 5.76. The zero-order valence-corrected chi connectivity index (χ0v) is 10.5. The molecule has 2 aromatic rings. The Kier molecular flexibility index (Phi) is 3.47. The highest BCUT2D eigenvalue weighted by molar-refractivity contribution is 5.58. The standard InChI is InChI=1S/C12H11F3N4O/c1-2-9-17-18-10(11(20)19(9)16)7-4-3-5-8(6-7)12(13,14)15/h3-6H,2,16H2,1H3. The number of rotatable bonds is 2. The quantitative estimate of drug-likeness (QED) is 0.850. The van der Waals surface area contributed by atoms with Gasteiger partial charge in [-0.1, -0.05) is 19.1 Å². The van der Waals surface area contributed by atoms with E-state index in [2.05, 4.69) is 10.2 Å². The van der Waals surface area contributed by atoms with E-state index in [0.29, 0.717) is 6.42 Å². The fourth-order valence-electron chi connectivity index (χ4n) is 1.70. The summed E-state index contributed by atoms with van der Waals surface area (Å²) >= 11 is 0. The van der Waals surface area contributed by atoms with Gasteiger partial charge < -0.3 is 5.84 Å². The number of nitrogens with zero attached hydrogens (tertiary/aromatic N) is 3. The van der Waals surface area contributed by atoms with Crippen LogP contribution >= 0.6 is 0 Å². The van der Waals surface area contributed by atoms with Crippen molar-refractivity contribution >= 4 is 0 Å². The Morgan fingerprint density at radius 2 is 2.00 bits per heavy atom. The molecule has 0 aliphatic heterocycles. The Hall–Kier alpha value is -2.38. The molecule has 1 heterocycles. The summed E-state index contributed by atoms with van der Waals surface area (Å²) in [4.78, 5) is 12.0. The number of nitrogens with two attached hydrogens (primary N) is 1. The molecule has 0 aliphatic rings. The maximum absolute atomic E-state index is 12.6. The van der Waals surface area contributed by atoms with Crippen molar-refractivity contribution in [2.45, 2.75) is 19.5 Å². The molecule has 0 aliphatic carbocycles. The third-order valence-electron chi connectivity index (χ3n) is 2.74. The van der Waals surface area contributed by atoms with Gasteiger partial charge in [0.1, 0.15) is 0 Å². The highest BCUT2D eigenvalue weighted by Gasteiger charge is 2.30.